The molecule has 140 valence electrons. The van der Waals surface area contributed by atoms with E-state index in [9.17, 15) is 9.59 Å². The summed E-state index contributed by atoms with van der Waals surface area (Å²) in [7, 11) is 0. The Morgan fingerprint density at radius 3 is 2.50 bits per heavy atom. The lowest BCUT2D eigenvalue weighted by Crippen LogP contribution is -2.37. The summed E-state index contributed by atoms with van der Waals surface area (Å²) in [4.78, 5) is 25.9. The topological polar surface area (TPSA) is 70.4 Å². The van der Waals surface area contributed by atoms with E-state index in [1.54, 1.807) is 24.3 Å². The van der Waals surface area contributed by atoms with E-state index in [4.69, 9.17) is 10.00 Å². The normalized spacial score (nSPS) is 15.2. The summed E-state index contributed by atoms with van der Waals surface area (Å²) in [6.07, 6.45) is 5.43. The van der Waals surface area contributed by atoms with Crippen molar-refractivity contribution < 1.29 is 14.3 Å². The molecule has 0 radical (unpaired) electrons. The van der Waals surface area contributed by atoms with Crippen molar-refractivity contribution in [3.63, 3.8) is 0 Å². The average molecular weight is 377 g/mol. The first-order chi connectivity index (χ1) is 12.1. The predicted octanol–water partition coefficient (Wildman–Crippen LogP) is 3.23. The van der Waals surface area contributed by atoms with Crippen molar-refractivity contribution >= 4 is 30.2 Å². The van der Waals surface area contributed by atoms with E-state index in [0.717, 1.165) is 31.5 Å². The largest absolute Gasteiger partial charge is 0.466 e. The van der Waals surface area contributed by atoms with Crippen LogP contribution in [-0.4, -0.2) is 42.9 Å². The van der Waals surface area contributed by atoms with E-state index in [-0.39, 0.29) is 30.1 Å². The molecule has 0 spiro atoms. The smallest absolute Gasteiger partial charge is 0.309 e. The van der Waals surface area contributed by atoms with E-state index < -0.39 is 0 Å². The lowest BCUT2D eigenvalue weighted by molar-refractivity contribution is -0.149. The summed E-state index contributed by atoms with van der Waals surface area (Å²) < 4.78 is 5.06. The van der Waals surface area contributed by atoms with Crippen LogP contribution in [0.25, 0.3) is 6.08 Å². The number of allylic oxidation sites excluding steroid dienone is 1. The van der Waals surface area contributed by atoms with Gasteiger partial charge in [0.25, 0.3) is 0 Å². The molecule has 1 aliphatic heterocycles. The lowest BCUT2D eigenvalue weighted by Gasteiger charge is -2.30. The Morgan fingerprint density at radius 1 is 1.27 bits per heavy atom. The Kier molecular flexibility index (Phi) is 9.64. The minimum Gasteiger partial charge on any atom is -0.466 e. The van der Waals surface area contributed by atoms with Crippen LogP contribution in [0, 0.1) is 17.2 Å². The van der Waals surface area contributed by atoms with Gasteiger partial charge in [-0.15, -0.1) is 12.4 Å². The van der Waals surface area contributed by atoms with E-state index in [1.807, 2.05) is 19.1 Å². The number of carbonyl (C=O) groups excluding carboxylic acids is 2. The second-order valence-electron chi connectivity index (χ2n) is 6.15. The van der Waals surface area contributed by atoms with Crippen LogP contribution in [0.5, 0.6) is 0 Å². The minimum atomic E-state index is -0.0939. The molecule has 1 heterocycles. The van der Waals surface area contributed by atoms with Crippen molar-refractivity contribution in [1.82, 2.24) is 4.90 Å². The van der Waals surface area contributed by atoms with Gasteiger partial charge in [-0.2, -0.15) is 5.26 Å². The molecule has 0 bridgehead atoms. The van der Waals surface area contributed by atoms with Gasteiger partial charge in [0.15, 0.2) is 5.78 Å². The molecule has 0 amide bonds. The first-order valence-corrected chi connectivity index (χ1v) is 8.72. The summed E-state index contributed by atoms with van der Waals surface area (Å²) in [5, 5.41) is 8.76. The third kappa shape index (κ3) is 6.99. The number of ether oxygens (including phenoxy) is 1. The van der Waals surface area contributed by atoms with Crippen LogP contribution in [0.4, 0.5) is 0 Å². The number of carbonyl (C=O) groups is 2. The van der Waals surface area contributed by atoms with Gasteiger partial charge in [-0.25, -0.2) is 0 Å². The number of nitriles is 1. The van der Waals surface area contributed by atoms with Gasteiger partial charge in [-0.3, -0.25) is 9.59 Å². The van der Waals surface area contributed by atoms with Gasteiger partial charge in [-0.1, -0.05) is 18.2 Å². The Labute approximate surface area is 161 Å². The molecule has 0 saturated carbocycles. The van der Waals surface area contributed by atoms with Crippen molar-refractivity contribution in [2.45, 2.75) is 26.2 Å². The second-order valence-corrected chi connectivity index (χ2v) is 6.15. The standard InChI is InChI=1S/C20H24N2O3.ClH/c1-2-25-20(24)18-9-12-22(13-10-18)14-11-19(23)8-7-16-3-5-17(15-21)6-4-16;/h3-8,18H,2,9-14H2,1H3;1H. The Bertz CT molecular complexity index is 657. The number of nitrogens with zero attached hydrogens (tertiary/aromatic N) is 2. The third-order valence-corrected chi connectivity index (χ3v) is 4.38. The van der Waals surface area contributed by atoms with Gasteiger partial charge in [-0.05, 0) is 56.6 Å². The lowest BCUT2D eigenvalue weighted by atomic mass is 9.97. The molecule has 1 aliphatic rings. The number of halogens is 1. The van der Waals surface area contributed by atoms with Crippen LogP contribution in [0.3, 0.4) is 0 Å². The Hall–Kier alpha value is -2.16. The number of esters is 1. The van der Waals surface area contributed by atoms with E-state index in [1.165, 1.54) is 0 Å². The average Bonchev–Trinajstić information content (AvgIpc) is 2.65. The first-order valence-electron chi connectivity index (χ1n) is 8.72. The molecule has 1 aromatic carbocycles. The molecule has 0 N–H and O–H groups in total. The summed E-state index contributed by atoms with van der Waals surface area (Å²) in [6, 6.07) is 9.18. The van der Waals surface area contributed by atoms with Gasteiger partial charge in [0, 0.05) is 13.0 Å². The fraction of sp³-hybridized carbons (Fsp3) is 0.450. The Morgan fingerprint density at radius 2 is 1.92 bits per heavy atom. The maximum atomic E-state index is 12.0. The highest BCUT2D eigenvalue weighted by molar-refractivity contribution is 5.93. The summed E-state index contributed by atoms with van der Waals surface area (Å²) in [6.45, 7) is 4.63. The van der Waals surface area contributed by atoms with Gasteiger partial charge in [0.05, 0.1) is 24.2 Å². The van der Waals surface area contributed by atoms with Gasteiger partial charge < -0.3 is 9.64 Å². The molecule has 5 nitrogen and oxygen atoms in total. The van der Waals surface area contributed by atoms with Gasteiger partial charge >= 0.3 is 5.97 Å². The predicted molar refractivity (Wildman–Crippen MR) is 103 cm³/mol. The van der Waals surface area contributed by atoms with E-state index in [0.29, 0.717) is 25.1 Å². The zero-order valence-electron chi connectivity index (χ0n) is 15.0. The maximum Gasteiger partial charge on any atom is 0.309 e. The van der Waals surface area contributed by atoms with E-state index >= 15 is 0 Å². The highest BCUT2D eigenvalue weighted by Crippen LogP contribution is 2.18. The third-order valence-electron chi connectivity index (χ3n) is 4.38. The number of hydrogen-bond acceptors (Lipinski definition) is 5. The second kappa shape index (κ2) is 11.5. The molecule has 2 rings (SSSR count). The molecule has 0 aliphatic carbocycles. The molecule has 26 heavy (non-hydrogen) atoms. The number of piperidine rings is 1. The SMILES string of the molecule is CCOC(=O)C1CCN(CCC(=O)C=Cc2ccc(C#N)cc2)CC1.Cl. The van der Waals surface area contributed by atoms with Crippen molar-refractivity contribution in [2.75, 3.05) is 26.2 Å². The first kappa shape index (κ1) is 21.9. The van der Waals surface area contributed by atoms with Crippen molar-refractivity contribution in [3.05, 3.63) is 41.5 Å². The monoisotopic (exact) mass is 376 g/mol. The zero-order chi connectivity index (χ0) is 18.1. The summed E-state index contributed by atoms with van der Waals surface area (Å²) >= 11 is 0. The molecule has 6 heteroatoms. The Balaban J connectivity index is 0.00000338. The van der Waals surface area contributed by atoms with Crippen LogP contribution < -0.4 is 0 Å². The highest BCUT2D eigenvalue weighted by atomic mass is 35.5. The molecule has 1 saturated heterocycles. The molecular formula is C20H25ClN2O3. The number of hydrogen-bond donors (Lipinski definition) is 0. The molecule has 0 atom stereocenters. The number of benzene rings is 1. The van der Waals surface area contributed by atoms with Crippen LogP contribution in [-0.2, 0) is 14.3 Å². The molecule has 1 fully saturated rings. The van der Waals surface area contributed by atoms with Crippen molar-refractivity contribution in [3.8, 4) is 6.07 Å². The van der Waals surface area contributed by atoms with Gasteiger partial charge in [0.2, 0.25) is 0 Å². The summed E-state index contributed by atoms with van der Waals surface area (Å²) in [5.74, 6) is -0.0105. The minimum absolute atomic E-state index is 0. The quantitative estimate of drug-likeness (QED) is 0.539. The molecule has 0 aromatic heterocycles. The van der Waals surface area contributed by atoms with Crippen molar-refractivity contribution in [1.29, 1.82) is 5.26 Å². The van der Waals surface area contributed by atoms with Crippen molar-refractivity contribution in [2.24, 2.45) is 5.92 Å². The number of ketones is 1. The van der Waals surface area contributed by atoms with Crippen LogP contribution in [0.2, 0.25) is 0 Å². The zero-order valence-corrected chi connectivity index (χ0v) is 15.8. The molecular weight excluding hydrogens is 352 g/mol. The van der Waals surface area contributed by atoms with Crippen LogP contribution in [0.15, 0.2) is 30.3 Å². The van der Waals surface area contributed by atoms with Crippen LogP contribution >= 0.6 is 12.4 Å². The maximum absolute atomic E-state index is 12.0. The van der Waals surface area contributed by atoms with Crippen LogP contribution in [0.1, 0.15) is 37.3 Å². The number of rotatable bonds is 7. The fourth-order valence-corrected chi connectivity index (χ4v) is 2.86. The molecule has 0 unspecified atom stereocenters. The van der Waals surface area contributed by atoms with E-state index in [2.05, 4.69) is 11.0 Å². The molecule has 1 aromatic rings. The van der Waals surface area contributed by atoms with Gasteiger partial charge in [0.1, 0.15) is 0 Å². The fourth-order valence-electron chi connectivity index (χ4n) is 2.86. The summed E-state index contributed by atoms with van der Waals surface area (Å²) in [5.41, 5.74) is 1.51. The number of likely N-dealkylation sites (tertiary alicyclic amines) is 1. The highest BCUT2D eigenvalue weighted by Gasteiger charge is 2.25.